The second-order valence-electron chi connectivity index (χ2n) is 7.01. The highest BCUT2D eigenvalue weighted by atomic mass is 15.3. The number of rotatable bonds is 1. The van der Waals surface area contributed by atoms with Gasteiger partial charge in [-0.25, -0.2) is 9.97 Å². The molecule has 1 aliphatic carbocycles. The standard InChI is InChI=1S/C15H25N5/c1-15(2)8-12(16)11-10-17-14(18-13(11)9-15)20-6-4-19(3)5-7-20/h10,12H,4-9,16H2,1-3H3. The average Bonchev–Trinajstić information content (AvgIpc) is 2.37. The minimum absolute atomic E-state index is 0.0790. The van der Waals surface area contributed by atoms with Crippen molar-refractivity contribution in [1.29, 1.82) is 0 Å². The van der Waals surface area contributed by atoms with Crippen molar-refractivity contribution >= 4 is 5.95 Å². The predicted molar refractivity (Wildman–Crippen MR) is 80.8 cm³/mol. The van der Waals surface area contributed by atoms with Crippen LogP contribution in [0.4, 0.5) is 5.95 Å². The van der Waals surface area contributed by atoms with Crippen molar-refractivity contribution < 1.29 is 0 Å². The molecule has 0 aromatic carbocycles. The Morgan fingerprint density at radius 2 is 1.95 bits per heavy atom. The lowest BCUT2D eigenvalue weighted by atomic mass is 9.74. The summed E-state index contributed by atoms with van der Waals surface area (Å²) in [6.07, 6.45) is 3.96. The Labute approximate surface area is 121 Å². The van der Waals surface area contributed by atoms with Crippen molar-refractivity contribution in [3.05, 3.63) is 17.5 Å². The molecule has 1 atom stereocenters. The van der Waals surface area contributed by atoms with Crippen LogP contribution in [-0.4, -0.2) is 48.1 Å². The third-order valence-electron chi connectivity index (χ3n) is 4.49. The lowest BCUT2D eigenvalue weighted by molar-refractivity contribution is 0.277. The van der Waals surface area contributed by atoms with Crippen LogP contribution in [0.15, 0.2) is 6.20 Å². The van der Waals surface area contributed by atoms with Gasteiger partial charge in [-0.15, -0.1) is 0 Å². The number of hydrogen-bond acceptors (Lipinski definition) is 5. The molecule has 3 rings (SSSR count). The van der Waals surface area contributed by atoms with Gasteiger partial charge in [0.25, 0.3) is 0 Å². The van der Waals surface area contributed by atoms with Gasteiger partial charge in [0.15, 0.2) is 0 Å². The van der Waals surface area contributed by atoms with Gasteiger partial charge in [0.1, 0.15) is 0 Å². The molecule has 0 radical (unpaired) electrons. The average molecular weight is 275 g/mol. The van der Waals surface area contributed by atoms with E-state index >= 15 is 0 Å². The Hall–Kier alpha value is -1.20. The zero-order valence-electron chi connectivity index (χ0n) is 12.8. The van der Waals surface area contributed by atoms with E-state index in [2.05, 4.69) is 35.7 Å². The topological polar surface area (TPSA) is 58.3 Å². The first-order chi connectivity index (χ1) is 9.44. The molecule has 0 amide bonds. The summed E-state index contributed by atoms with van der Waals surface area (Å²) in [5, 5.41) is 0. The Balaban J connectivity index is 1.85. The van der Waals surface area contributed by atoms with Crippen molar-refractivity contribution in [1.82, 2.24) is 14.9 Å². The number of fused-ring (bicyclic) bond motifs is 1. The molecule has 110 valence electrons. The highest BCUT2D eigenvalue weighted by Gasteiger charge is 2.32. The van der Waals surface area contributed by atoms with Crippen LogP contribution >= 0.6 is 0 Å². The molecule has 1 unspecified atom stereocenters. The molecular weight excluding hydrogens is 250 g/mol. The van der Waals surface area contributed by atoms with E-state index in [-0.39, 0.29) is 11.5 Å². The number of aromatic nitrogens is 2. The summed E-state index contributed by atoms with van der Waals surface area (Å²) in [6, 6.07) is 0.0790. The minimum Gasteiger partial charge on any atom is -0.338 e. The number of nitrogens with zero attached hydrogens (tertiary/aromatic N) is 4. The Morgan fingerprint density at radius 3 is 2.65 bits per heavy atom. The van der Waals surface area contributed by atoms with E-state index in [0.717, 1.165) is 56.2 Å². The number of likely N-dealkylation sites (N-methyl/N-ethyl adjacent to an activating group) is 1. The van der Waals surface area contributed by atoms with Crippen molar-refractivity contribution in [3.8, 4) is 0 Å². The van der Waals surface area contributed by atoms with Gasteiger partial charge in [-0.2, -0.15) is 0 Å². The van der Waals surface area contributed by atoms with Gasteiger partial charge >= 0.3 is 0 Å². The maximum absolute atomic E-state index is 6.27. The SMILES string of the molecule is CN1CCN(c2ncc3c(n2)CC(C)(C)CC3N)CC1. The highest BCUT2D eigenvalue weighted by molar-refractivity contribution is 5.36. The second kappa shape index (κ2) is 4.97. The van der Waals surface area contributed by atoms with Gasteiger partial charge in [-0.1, -0.05) is 13.8 Å². The molecule has 5 heteroatoms. The monoisotopic (exact) mass is 275 g/mol. The van der Waals surface area contributed by atoms with Gasteiger partial charge in [-0.05, 0) is 25.3 Å². The third-order valence-corrected chi connectivity index (χ3v) is 4.49. The number of hydrogen-bond donors (Lipinski definition) is 1. The van der Waals surface area contributed by atoms with Gasteiger partial charge in [-0.3, -0.25) is 0 Å². The van der Waals surface area contributed by atoms with Crippen molar-refractivity contribution in [2.24, 2.45) is 11.1 Å². The van der Waals surface area contributed by atoms with Gasteiger partial charge < -0.3 is 15.5 Å². The van der Waals surface area contributed by atoms with Gasteiger partial charge in [0.05, 0.1) is 5.69 Å². The second-order valence-corrected chi connectivity index (χ2v) is 7.01. The van der Waals surface area contributed by atoms with E-state index < -0.39 is 0 Å². The van der Waals surface area contributed by atoms with E-state index in [0.29, 0.717) is 0 Å². The smallest absolute Gasteiger partial charge is 0.225 e. The van der Waals surface area contributed by atoms with Crippen LogP contribution in [-0.2, 0) is 6.42 Å². The first-order valence-electron chi connectivity index (χ1n) is 7.49. The normalized spacial score (nSPS) is 26.4. The fourth-order valence-corrected chi connectivity index (χ4v) is 3.26. The predicted octanol–water partition coefficient (Wildman–Crippen LogP) is 1.20. The molecule has 1 aliphatic heterocycles. The first-order valence-corrected chi connectivity index (χ1v) is 7.49. The largest absolute Gasteiger partial charge is 0.338 e. The van der Waals surface area contributed by atoms with Crippen LogP contribution in [0.3, 0.4) is 0 Å². The maximum atomic E-state index is 6.27. The lowest BCUT2D eigenvalue weighted by Gasteiger charge is -2.36. The highest BCUT2D eigenvalue weighted by Crippen LogP contribution is 2.38. The van der Waals surface area contributed by atoms with Crippen LogP contribution in [0, 0.1) is 5.41 Å². The fourth-order valence-electron chi connectivity index (χ4n) is 3.26. The molecule has 1 saturated heterocycles. The van der Waals surface area contributed by atoms with Crippen molar-refractivity contribution in [3.63, 3.8) is 0 Å². The Kier molecular flexibility index (Phi) is 3.42. The van der Waals surface area contributed by atoms with Crippen LogP contribution < -0.4 is 10.6 Å². The van der Waals surface area contributed by atoms with Crippen LogP contribution in [0.1, 0.15) is 37.6 Å². The number of nitrogens with two attached hydrogens (primary N) is 1. The first kappa shape index (κ1) is 13.8. The van der Waals surface area contributed by atoms with E-state index in [1.165, 1.54) is 0 Å². The molecule has 1 aromatic heterocycles. The van der Waals surface area contributed by atoms with E-state index in [1.807, 2.05) is 6.20 Å². The molecule has 2 N–H and O–H groups in total. The Bertz CT molecular complexity index is 491. The number of anilines is 1. The zero-order valence-corrected chi connectivity index (χ0v) is 12.8. The summed E-state index contributed by atoms with van der Waals surface area (Å²) in [5.74, 6) is 0.877. The molecule has 1 fully saturated rings. The molecule has 2 heterocycles. The summed E-state index contributed by atoms with van der Waals surface area (Å²) in [7, 11) is 2.16. The molecule has 0 spiro atoms. The molecule has 5 nitrogen and oxygen atoms in total. The van der Waals surface area contributed by atoms with E-state index in [4.69, 9.17) is 10.7 Å². The summed E-state index contributed by atoms with van der Waals surface area (Å²) in [5.41, 5.74) is 8.80. The van der Waals surface area contributed by atoms with E-state index in [1.54, 1.807) is 0 Å². The summed E-state index contributed by atoms with van der Waals surface area (Å²) < 4.78 is 0. The zero-order chi connectivity index (χ0) is 14.3. The van der Waals surface area contributed by atoms with Crippen molar-refractivity contribution in [2.45, 2.75) is 32.7 Å². The van der Waals surface area contributed by atoms with Gasteiger partial charge in [0.2, 0.25) is 5.95 Å². The van der Waals surface area contributed by atoms with Crippen LogP contribution in [0.25, 0.3) is 0 Å². The molecule has 0 bridgehead atoms. The van der Waals surface area contributed by atoms with Crippen LogP contribution in [0.5, 0.6) is 0 Å². The third kappa shape index (κ3) is 2.65. The fraction of sp³-hybridized carbons (Fsp3) is 0.733. The maximum Gasteiger partial charge on any atom is 0.225 e. The Morgan fingerprint density at radius 1 is 1.25 bits per heavy atom. The van der Waals surface area contributed by atoms with E-state index in [9.17, 15) is 0 Å². The molecule has 1 aromatic rings. The quantitative estimate of drug-likeness (QED) is 0.834. The summed E-state index contributed by atoms with van der Waals surface area (Å²) in [4.78, 5) is 14.0. The minimum atomic E-state index is 0.0790. The summed E-state index contributed by atoms with van der Waals surface area (Å²) >= 11 is 0. The molecule has 0 saturated carbocycles. The number of piperazine rings is 1. The molecule has 20 heavy (non-hydrogen) atoms. The molecular formula is C15H25N5. The summed E-state index contributed by atoms with van der Waals surface area (Å²) in [6.45, 7) is 8.70. The van der Waals surface area contributed by atoms with Crippen LogP contribution in [0.2, 0.25) is 0 Å². The van der Waals surface area contributed by atoms with Crippen molar-refractivity contribution in [2.75, 3.05) is 38.1 Å². The molecule has 2 aliphatic rings. The van der Waals surface area contributed by atoms with Gasteiger partial charge in [0, 0.05) is 44.0 Å². The lowest BCUT2D eigenvalue weighted by Crippen LogP contribution is -2.45.